The monoisotopic (exact) mass is 275 g/mol. The number of piperidine rings is 1. The maximum absolute atomic E-state index is 12.0. The van der Waals surface area contributed by atoms with Crippen molar-refractivity contribution >= 4 is 23.6 Å². The van der Waals surface area contributed by atoms with Crippen molar-refractivity contribution in [2.45, 2.75) is 30.6 Å². The van der Waals surface area contributed by atoms with Crippen LogP contribution in [-0.2, 0) is 9.59 Å². The molecule has 0 spiro atoms. The van der Waals surface area contributed by atoms with E-state index in [-0.39, 0.29) is 17.7 Å². The lowest BCUT2D eigenvalue weighted by atomic mass is 9.95. The molecule has 2 aliphatic heterocycles. The van der Waals surface area contributed by atoms with Gasteiger partial charge in [-0.05, 0) is 17.5 Å². The van der Waals surface area contributed by atoms with E-state index in [1.807, 2.05) is 30.8 Å². The molecule has 0 aromatic heterocycles. The summed E-state index contributed by atoms with van der Waals surface area (Å²) in [6, 6.07) is 8.29. The van der Waals surface area contributed by atoms with Crippen LogP contribution in [0.15, 0.2) is 29.2 Å². The van der Waals surface area contributed by atoms with Crippen LogP contribution in [0.4, 0.5) is 0 Å². The first kappa shape index (κ1) is 12.7. The number of thioether (sulfide) groups is 1. The summed E-state index contributed by atoms with van der Waals surface area (Å²) in [6.07, 6.45) is 1.01. The lowest BCUT2D eigenvalue weighted by Crippen LogP contribution is -2.44. The van der Waals surface area contributed by atoms with Gasteiger partial charge in [0.2, 0.25) is 11.8 Å². The molecule has 1 aromatic carbocycles. The van der Waals surface area contributed by atoms with Gasteiger partial charge in [0.15, 0.2) is 0 Å². The maximum atomic E-state index is 12.0. The zero-order valence-corrected chi connectivity index (χ0v) is 11.8. The fourth-order valence-corrected chi connectivity index (χ4v) is 4.07. The van der Waals surface area contributed by atoms with E-state index in [4.69, 9.17) is 0 Å². The number of imide groups is 1. The molecule has 1 unspecified atom stereocenters. The van der Waals surface area contributed by atoms with Gasteiger partial charge in [-0.25, -0.2) is 0 Å². The Morgan fingerprint density at radius 2 is 1.89 bits per heavy atom. The molecular weight excluding hydrogens is 258 g/mol. The van der Waals surface area contributed by atoms with E-state index in [0.29, 0.717) is 25.3 Å². The number of fused-ring (bicyclic) bond motifs is 1. The number of hydrogen-bond donors (Lipinski definition) is 0. The van der Waals surface area contributed by atoms with E-state index in [2.05, 4.69) is 12.1 Å². The summed E-state index contributed by atoms with van der Waals surface area (Å²) in [7, 11) is 0. The van der Waals surface area contributed by atoms with E-state index >= 15 is 0 Å². The SMILES string of the molecule is CC1CC(=O)N(CC2CSc3ccccc32)C(=O)C1. The largest absolute Gasteiger partial charge is 0.282 e. The molecule has 4 heteroatoms. The number of benzene rings is 1. The topological polar surface area (TPSA) is 37.4 Å². The number of nitrogens with zero attached hydrogens (tertiary/aromatic N) is 1. The third kappa shape index (κ3) is 2.41. The average Bonchev–Trinajstić information content (AvgIpc) is 2.77. The molecule has 3 nitrogen and oxygen atoms in total. The molecule has 2 amide bonds. The highest BCUT2D eigenvalue weighted by Gasteiger charge is 2.34. The molecule has 100 valence electrons. The first-order chi connectivity index (χ1) is 9.15. The van der Waals surface area contributed by atoms with Crippen LogP contribution in [0.2, 0.25) is 0 Å². The molecule has 1 saturated heterocycles. The Bertz CT molecular complexity index is 511. The second-order valence-corrected chi connectivity index (χ2v) is 6.52. The summed E-state index contributed by atoms with van der Waals surface area (Å²) in [5.41, 5.74) is 1.28. The quantitative estimate of drug-likeness (QED) is 0.779. The van der Waals surface area contributed by atoms with Crippen molar-refractivity contribution in [3.8, 4) is 0 Å². The van der Waals surface area contributed by atoms with Crippen molar-refractivity contribution < 1.29 is 9.59 Å². The molecule has 0 saturated carbocycles. The Morgan fingerprint density at radius 3 is 2.63 bits per heavy atom. The Morgan fingerprint density at radius 1 is 1.21 bits per heavy atom. The molecule has 0 N–H and O–H groups in total. The lowest BCUT2D eigenvalue weighted by Gasteiger charge is -2.30. The summed E-state index contributed by atoms with van der Waals surface area (Å²) in [5.74, 6) is 1.45. The van der Waals surface area contributed by atoms with Gasteiger partial charge in [0.05, 0.1) is 0 Å². The highest BCUT2D eigenvalue weighted by Crippen LogP contribution is 2.40. The van der Waals surface area contributed by atoms with Crippen LogP contribution in [0.25, 0.3) is 0 Å². The molecule has 1 fully saturated rings. The van der Waals surface area contributed by atoms with Crippen LogP contribution in [0, 0.1) is 5.92 Å². The van der Waals surface area contributed by atoms with Crippen molar-refractivity contribution in [2.75, 3.05) is 12.3 Å². The second kappa shape index (κ2) is 5.00. The van der Waals surface area contributed by atoms with Crippen LogP contribution in [0.5, 0.6) is 0 Å². The molecular formula is C15H17NO2S. The van der Waals surface area contributed by atoms with Crippen LogP contribution in [-0.4, -0.2) is 29.0 Å². The van der Waals surface area contributed by atoms with E-state index in [1.54, 1.807) is 0 Å². The Kier molecular flexibility index (Phi) is 3.35. The van der Waals surface area contributed by atoms with Crippen molar-refractivity contribution in [3.05, 3.63) is 29.8 Å². The first-order valence-electron chi connectivity index (χ1n) is 6.70. The Balaban J connectivity index is 1.76. The summed E-state index contributed by atoms with van der Waals surface area (Å²) >= 11 is 1.82. The molecule has 0 radical (unpaired) electrons. The standard InChI is InChI=1S/C15H17NO2S/c1-10-6-14(17)16(15(18)7-10)8-11-9-19-13-5-3-2-4-12(11)13/h2-5,10-11H,6-9H2,1H3. The van der Waals surface area contributed by atoms with Crippen LogP contribution < -0.4 is 0 Å². The molecule has 0 aliphatic carbocycles. The smallest absolute Gasteiger partial charge is 0.229 e. The minimum Gasteiger partial charge on any atom is -0.282 e. The molecule has 1 atom stereocenters. The van der Waals surface area contributed by atoms with Gasteiger partial charge in [0.1, 0.15) is 0 Å². The minimum absolute atomic E-state index is 0.00173. The molecule has 2 heterocycles. The second-order valence-electron chi connectivity index (χ2n) is 5.46. The number of carbonyl (C=O) groups excluding carboxylic acids is 2. The average molecular weight is 275 g/mol. The first-order valence-corrected chi connectivity index (χ1v) is 7.68. The summed E-state index contributed by atoms with van der Waals surface area (Å²) in [5, 5.41) is 0. The van der Waals surface area contributed by atoms with Crippen molar-refractivity contribution in [1.29, 1.82) is 0 Å². The van der Waals surface area contributed by atoms with Gasteiger partial charge in [-0.3, -0.25) is 14.5 Å². The predicted molar refractivity (Wildman–Crippen MR) is 75.0 cm³/mol. The maximum Gasteiger partial charge on any atom is 0.229 e. The number of likely N-dealkylation sites (tertiary alicyclic amines) is 1. The van der Waals surface area contributed by atoms with Crippen LogP contribution >= 0.6 is 11.8 Å². The number of amides is 2. The summed E-state index contributed by atoms with van der Waals surface area (Å²) in [6.45, 7) is 2.52. The normalized spacial score (nSPS) is 23.8. The zero-order valence-electron chi connectivity index (χ0n) is 11.0. The molecule has 1 aromatic rings. The van der Waals surface area contributed by atoms with Crippen molar-refractivity contribution in [3.63, 3.8) is 0 Å². The lowest BCUT2D eigenvalue weighted by molar-refractivity contribution is -0.149. The fraction of sp³-hybridized carbons (Fsp3) is 0.467. The van der Waals surface area contributed by atoms with E-state index in [9.17, 15) is 9.59 Å². The Hall–Kier alpha value is -1.29. The van der Waals surface area contributed by atoms with E-state index in [1.165, 1.54) is 15.4 Å². The van der Waals surface area contributed by atoms with E-state index in [0.717, 1.165) is 5.75 Å². The van der Waals surface area contributed by atoms with Gasteiger partial charge in [-0.15, -0.1) is 11.8 Å². The summed E-state index contributed by atoms with van der Waals surface area (Å²) < 4.78 is 0. The Labute approximate surface area is 117 Å². The van der Waals surface area contributed by atoms with Gasteiger partial charge >= 0.3 is 0 Å². The van der Waals surface area contributed by atoms with E-state index < -0.39 is 0 Å². The minimum atomic E-state index is -0.00173. The van der Waals surface area contributed by atoms with Crippen LogP contribution in [0.3, 0.4) is 0 Å². The number of hydrogen-bond acceptors (Lipinski definition) is 3. The molecule has 2 aliphatic rings. The van der Waals surface area contributed by atoms with Crippen molar-refractivity contribution in [2.24, 2.45) is 5.92 Å². The zero-order chi connectivity index (χ0) is 13.4. The number of rotatable bonds is 2. The molecule has 0 bridgehead atoms. The molecule has 19 heavy (non-hydrogen) atoms. The van der Waals surface area contributed by atoms with Gasteiger partial charge in [0.25, 0.3) is 0 Å². The third-order valence-electron chi connectivity index (χ3n) is 3.85. The molecule has 3 rings (SSSR count). The van der Waals surface area contributed by atoms with Gasteiger partial charge < -0.3 is 0 Å². The predicted octanol–water partition coefficient (Wildman–Crippen LogP) is 2.66. The third-order valence-corrected chi connectivity index (χ3v) is 5.10. The van der Waals surface area contributed by atoms with Crippen molar-refractivity contribution in [1.82, 2.24) is 4.90 Å². The fourth-order valence-electron chi connectivity index (χ4n) is 2.83. The van der Waals surface area contributed by atoms with Gasteiger partial charge in [-0.2, -0.15) is 0 Å². The van der Waals surface area contributed by atoms with Gasteiger partial charge in [0, 0.05) is 36.0 Å². The highest BCUT2D eigenvalue weighted by molar-refractivity contribution is 7.99. The van der Waals surface area contributed by atoms with Crippen LogP contribution in [0.1, 0.15) is 31.2 Å². The highest BCUT2D eigenvalue weighted by atomic mass is 32.2. The number of carbonyl (C=O) groups is 2. The summed E-state index contributed by atoms with van der Waals surface area (Å²) in [4.78, 5) is 26.8. The van der Waals surface area contributed by atoms with Gasteiger partial charge in [-0.1, -0.05) is 25.1 Å².